The SMILES string of the molecule is C[C@@H](Sc1nsnc1N1CCSCC1)[C@](O)(Cn1cncn1)c1ccc(F)cc1F. The molecule has 1 fully saturated rings. The molecule has 1 aliphatic rings. The quantitative estimate of drug-likeness (QED) is 0.528. The number of anilines is 1. The van der Waals surface area contributed by atoms with Crippen LogP contribution in [0.3, 0.4) is 0 Å². The Morgan fingerprint density at radius 1 is 1.27 bits per heavy atom. The van der Waals surface area contributed by atoms with Crippen molar-refractivity contribution >= 4 is 41.1 Å². The fourth-order valence-electron chi connectivity index (χ4n) is 3.32. The van der Waals surface area contributed by atoms with Crippen LogP contribution in [0.5, 0.6) is 0 Å². The van der Waals surface area contributed by atoms with E-state index in [2.05, 4.69) is 23.7 Å². The predicted octanol–water partition coefficient (Wildman–Crippen LogP) is 3.03. The van der Waals surface area contributed by atoms with E-state index in [4.69, 9.17) is 0 Å². The van der Waals surface area contributed by atoms with Crippen LogP contribution in [0, 0.1) is 11.6 Å². The van der Waals surface area contributed by atoms with E-state index in [1.54, 1.807) is 6.92 Å². The van der Waals surface area contributed by atoms with Crippen molar-refractivity contribution in [3.05, 3.63) is 48.1 Å². The smallest absolute Gasteiger partial charge is 0.176 e. The molecule has 3 aromatic rings. The monoisotopic (exact) mass is 470 g/mol. The molecule has 0 spiro atoms. The van der Waals surface area contributed by atoms with Gasteiger partial charge in [-0.3, -0.25) is 0 Å². The fourth-order valence-corrected chi connectivity index (χ4v) is 6.04. The Morgan fingerprint density at radius 3 is 2.77 bits per heavy atom. The molecule has 1 aromatic carbocycles. The van der Waals surface area contributed by atoms with E-state index < -0.39 is 22.5 Å². The number of aliphatic hydroxyl groups is 1. The van der Waals surface area contributed by atoms with Crippen molar-refractivity contribution in [2.24, 2.45) is 0 Å². The minimum atomic E-state index is -1.69. The van der Waals surface area contributed by atoms with Gasteiger partial charge in [0.2, 0.25) is 0 Å². The zero-order chi connectivity index (χ0) is 21.1. The van der Waals surface area contributed by atoms with Gasteiger partial charge in [0.05, 0.1) is 18.3 Å². The van der Waals surface area contributed by atoms with Crippen LogP contribution in [0.2, 0.25) is 0 Å². The molecule has 0 unspecified atom stereocenters. The first kappa shape index (κ1) is 21.5. The Hall–Kier alpha value is -1.76. The van der Waals surface area contributed by atoms with E-state index in [9.17, 15) is 13.9 Å². The number of hydrogen-bond donors (Lipinski definition) is 1. The third-order valence-electron chi connectivity index (χ3n) is 4.98. The summed E-state index contributed by atoms with van der Waals surface area (Å²) >= 11 is 4.34. The zero-order valence-corrected chi connectivity index (χ0v) is 18.6. The number of nitrogens with zero attached hydrogens (tertiary/aromatic N) is 6. The van der Waals surface area contributed by atoms with Gasteiger partial charge in [-0.1, -0.05) is 17.8 Å². The molecule has 0 bridgehead atoms. The molecular formula is C18H20F2N6OS3. The molecule has 2 aromatic heterocycles. The van der Waals surface area contributed by atoms with Gasteiger partial charge in [0.15, 0.2) is 10.8 Å². The molecule has 1 saturated heterocycles. The average molecular weight is 471 g/mol. The molecule has 7 nitrogen and oxygen atoms in total. The maximum absolute atomic E-state index is 14.7. The molecule has 1 aliphatic heterocycles. The van der Waals surface area contributed by atoms with Crippen molar-refractivity contribution in [2.75, 3.05) is 29.5 Å². The summed E-state index contributed by atoms with van der Waals surface area (Å²) in [4.78, 5) is 6.08. The number of rotatable bonds is 7. The second kappa shape index (κ2) is 9.16. The number of halogens is 2. The van der Waals surface area contributed by atoms with Gasteiger partial charge < -0.3 is 10.0 Å². The number of benzene rings is 1. The van der Waals surface area contributed by atoms with E-state index in [0.717, 1.165) is 54.3 Å². The van der Waals surface area contributed by atoms with E-state index in [0.29, 0.717) is 5.03 Å². The van der Waals surface area contributed by atoms with E-state index in [1.165, 1.54) is 35.2 Å². The van der Waals surface area contributed by atoms with Gasteiger partial charge in [-0.25, -0.2) is 18.4 Å². The van der Waals surface area contributed by atoms with Crippen LogP contribution < -0.4 is 4.90 Å². The Bertz CT molecular complexity index is 982. The lowest BCUT2D eigenvalue weighted by Crippen LogP contribution is -2.41. The van der Waals surface area contributed by atoms with Gasteiger partial charge in [0.1, 0.15) is 29.9 Å². The summed E-state index contributed by atoms with van der Waals surface area (Å²) in [5.41, 5.74) is -1.69. The lowest BCUT2D eigenvalue weighted by molar-refractivity contribution is 0.0133. The predicted molar refractivity (Wildman–Crippen MR) is 115 cm³/mol. The summed E-state index contributed by atoms with van der Waals surface area (Å²) in [6.45, 7) is 3.51. The number of hydrogen-bond acceptors (Lipinski definition) is 9. The normalized spacial score (nSPS) is 17.7. The van der Waals surface area contributed by atoms with Gasteiger partial charge in [-0.2, -0.15) is 25.6 Å². The highest BCUT2D eigenvalue weighted by Gasteiger charge is 2.41. The first-order valence-corrected chi connectivity index (χ1v) is 12.1. The summed E-state index contributed by atoms with van der Waals surface area (Å²) in [5, 5.41) is 15.9. The molecule has 1 N–H and O–H groups in total. The molecule has 160 valence electrons. The van der Waals surface area contributed by atoms with Crippen molar-refractivity contribution in [2.45, 2.75) is 29.3 Å². The fraction of sp³-hybridized carbons (Fsp3) is 0.444. The molecule has 30 heavy (non-hydrogen) atoms. The minimum absolute atomic E-state index is 0.00138. The van der Waals surface area contributed by atoms with Gasteiger partial charge in [0.25, 0.3) is 0 Å². The van der Waals surface area contributed by atoms with Crippen LogP contribution in [0.25, 0.3) is 0 Å². The summed E-state index contributed by atoms with van der Waals surface area (Å²) < 4.78 is 38.5. The summed E-state index contributed by atoms with van der Waals surface area (Å²) in [7, 11) is 0. The lowest BCUT2D eigenvalue weighted by Gasteiger charge is -2.34. The molecule has 2 atom stereocenters. The molecule has 12 heteroatoms. The largest absolute Gasteiger partial charge is 0.382 e. The van der Waals surface area contributed by atoms with Crippen molar-refractivity contribution < 1.29 is 13.9 Å². The first-order valence-electron chi connectivity index (χ1n) is 9.29. The maximum atomic E-state index is 14.7. The second-order valence-electron chi connectivity index (χ2n) is 6.89. The van der Waals surface area contributed by atoms with Crippen LogP contribution in [-0.2, 0) is 12.1 Å². The summed E-state index contributed by atoms with van der Waals surface area (Å²) in [6.07, 6.45) is 2.79. The van der Waals surface area contributed by atoms with Crippen molar-refractivity contribution in [1.82, 2.24) is 23.5 Å². The number of aromatic nitrogens is 5. The molecule has 0 amide bonds. The number of thioether (sulfide) groups is 2. The van der Waals surface area contributed by atoms with Crippen LogP contribution >= 0.6 is 35.3 Å². The van der Waals surface area contributed by atoms with Crippen LogP contribution in [0.15, 0.2) is 35.9 Å². The van der Waals surface area contributed by atoms with Crippen LogP contribution in [0.1, 0.15) is 12.5 Å². The van der Waals surface area contributed by atoms with Crippen molar-refractivity contribution in [3.8, 4) is 0 Å². The van der Waals surface area contributed by atoms with Gasteiger partial charge in [-0.05, 0) is 13.0 Å². The highest BCUT2D eigenvalue weighted by atomic mass is 32.2. The molecule has 0 aliphatic carbocycles. The maximum Gasteiger partial charge on any atom is 0.176 e. The Labute approximate surface area is 185 Å². The molecule has 0 saturated carbocycles. The second-order valence-corrected chi connectivity index (χ2v) is 9.98. The van der Waals surface area contributed by atoms with E-state index in [1.807, 2.05) is 11.8 Å². The highest BCUT2D eigenvalue weighted by Crippen LogP contribution is 2.41. The van der Waals surface area contributed by atoms with E-state index in [-0.39, 0.29) is 12.1 Å². The molecule has 3 heterocycles. The third-order valence-corrected chi connectivity index (χ3v) is 7.80. The Kier molecular flexibility index (Phi) is 6.56. The van der Waals surface area contributed by atoms with E-state index >= 15 is 0 Å². The van der Waals surface area contributed by atoms with Crippen LogP contribution in [-0.4, -0.2) is 58.5 Å². The highest BCUT2D eigenvalue weighted by molar-refractivity contribution is 8.00. The Balaban J connectivity index is 1.65. The third kappa shape index (κ3) is 4.46. The van der Waals surface area contributed by atoms with Crippen molar-refractivity contribution in [3.63, 3.8) is 0 Å². The molecule has 0 radical (unpaired) electrons. The summed E-state index contributed by atoms with van der Waals surface area (Å²) in [6, 6.07) is 3.20. The molecular weight excluding hydrogens is 450 g/mol. The zero-order valence-electron chi connectivity index (χ0n) is 16.1. The average Bonchev–Trinajstić information content (AvgIpc) is 3.40. The topological polar surface area (TPSA) is 80.0 Å². The van der Waals surface area contributed by atoms with Gasteiger partial charge in [0, 0.05) is 41.5 Å². The Morgan fingerprint density at radius 2 is 2.07 bits per heavy atom. The van der Waals surface area contributed by atoms with Crippen molar-refractivity contribution in [1.29, 1.82) is 0 Å². The van der Waals surface area contributed by atoms with Gasteiger partial charge >= 0.3 is 0 Å². The first-order chi connectivity index (χ1) is 14.5. The molecule has 4 rings (SSSR count). The summed E-state index contributed by atoms with van der Waals surface area (Å²) in [5.74, 6) is 1.32. The standard InChI is InChI=1S/C18H20F2N6OS3/c1-12(29-17-16(23-30-24-17)25-4-6-28-7-5-25)18(27,9-26-11-21-10-22-26)14-3-2-13(19)8-15(14)20/h2-3,8,10-12,27H,4-7,9H2,1H3/t12-,18-/m1/s1. The van der Waals surface area contributed by atoms with Gasteiger partial charge in [-0.15, -0.1) is 0 Å². The van der Waals surface area contributed by atoms with Crippen LogP contribution in [0.4, 0.5) is 14.6 Å². The minimum Gasteiger partial charge on any atom is -0.382 e. The lowest BCUT2D eigenvalue weighted by atomic mass is 9.90.